The van der Waals surface area contributed by atoms with Gasteiger partial charge in [0.1, 0.15) is 39.8 Å². The average Bonchev–Trinajstić information content (AvgIpc) is 3.69. The van der Waals surface area contributed by atoms with E-state index in [0.29, 0.717) is 34.4 Å². The number of thiazole rings is 1. The first-order chi connectivity index (χ1) is 19.8. The Hall–Kier alpha value is -4.64. The minimum atomic E-state index is -4.99. The third kappa shape index (κ3) is 5.73. The minimum Gasteiger partial charge on any atom is -0.381 e. The van der Waals surface area contributed by atoms with Crippen LogP contribution in [-0.2, 0) is 25.4 Å². The molecule has 0 aliphatic rings. The molecule has 5 aromatic rings. The van der Waals surface area contributed by atoms with E-state index in [0.717, 1.165) is 23.1 Å². The summed E-state index contributed by atoms with van der Waals surface area (Å²) in [5.41, 5.74) is -3.27. The van der Waals surface area contributed by atoms with Crippen LogP contribution in [0.5, 0.6) is 0 Å². The second kappa shape index (κ2) is 11.0. The van der Waals surface area contributed by atoms with Gasteiger partial charge in [0.2, 0.25) is 5.82 Å². The topological polar surface area (TPSA) is 137 Å². The molecule has 11 nitrogen and oxygen atoms in total. The average molecular weight is 606 g/mol. The van der Waals surface area contributed by atoms with Gasteiger partial charge in [-0.25, -0.2) is 23.4 Å². The van der Waals surface area contributed by atoms with Crippen LogP contribution in [0.2, 0.25) is 0 Å². The van der Waals surface area contributed by atoms with Gasteiger partial charge in [-0.2, -0.15) is 23.1 Å². The second-order valence-electron chi connectivity index (χ2n) is 9.21. The Balaban J connectivity index is 1.46. The SMILES string of the molecule is C[C@@H](NC(=O)c1sc(-c2ccc(-c3nnn(C)n3)cc2)nc1C(F)(F)F)[C@](O)(Cn1cncn1)c1ccc(F)cc1F. The maximum atomic E-state index is 14.8. The first-order valence-electron chi connectivity index (χ1n) is 12.1. The monoisotopic (exact) mass is 605 g/mol. The summed E-state index contributed by atoms with van der Waals surface area (Å²) in [6, 6.07) is 7.18. The van der Waals surface area contributed by atoms with E-state index in [-0.39, 0.29) is 5.01 Å². The number of halogens is 5. The number of amides is 1. The highest BCUT2D eigenvalue weighted by atomic mass is 32.1. The fraction of sp³-hybridized carbons (Fsp3) is 0.240. The van der Waals surface area contributed by atoms with Crippen molar-refractivity contribution in [3.05, 3.63) is 82.9 Å². The Morgan fingerprint density at radius 3 is 2.43 bits per heavy atom. The summed E-state index contributed by atoms with van der Waals surface area (Å²) >= 11 is 0.489. The molecule has 0 unspecified atom stereocenters. The number of aromatic nitrogens is 8. The van der Waals surface area contributed by atoms with Crippen LogP contribution in [-0.4, -0.2) is 57.0 Å². The molecule has 42 heavy (non-hydrogen) atoms. The number of nitrogens with one attached hydrogen (secondary N) is 1. The Morgan fingerprint density at radius 1 is 1.12 bits per heavy atom. The van der Waals surface area contributed by atoms with E-state index in [1.165, 1.54) is 30.2 Å². The fourth-order valence-electron chi connectivity index (χ4n) is 4.19. The lowest BCUT2D eigenvalue weighted by Gasteiger charge is -2.35. The lowest BCUT2D eigenvalue weighted by molar-refractivity contribution is -0.141. The third-order valence-electron chi connectivity index (χ3n) is 6.33. The maximum Gasteiger partial charge on any atom is 0.435 e. The van der Waals surface area contributed by atoms with Gasteiger partial charge in [0.15, 0.2) is 5.69 Å². The molecule has 2 N–H and O–H groups in total. The molecule has 2 atom stereocenters. The van der Waals surface area contributed by atoms with Crippen molar-refractivity contribution in [2.24, 2.45) is 7.05 Å². The van der Waals surface area contributed by atoms with Crippen molar-refractivity contribution in [1.29, 1.82) is 0 Å². The van der Waals surface area contributed by atoms with Crippen LogP contribution in [0.3, 0.4) is 0 Å². The molecular weight excluding hydrogens is 585 g/mol. The van der Waals surface area contributed by atoms with Gasteiger partial charge < -0.3 is 10.4 Å². The molecule has 0 saturated heterocycles. The number of benzene rings is 2. The van der Waals surface area contributed by atoms with Gasteiger partial charge in [0.25, 0.3) is 5.91 Å². The lowest BCUT2D eigenvalue weighted by Crippen LogP contribution is -2.52. The molecule has 0 fully saturated rings. The molecule has 3 aromatic heterocycles. The van der Waals surface area contributed by atoms with Crippen LogP contribution >= 0.6 is 11.3 Å². The number of hydrogen-bond donors (Lipinski definition) is 2. The second-order valence-corrected chi connectivity index (χ2v) is 10.2. The maximum absolute atomic E-state index is 14.8. The zero-order valence-corrected chi connectivity index (χ0v) is 22.5. The van der Waals surface area contributed by atoms with Crippen molar-refractivity contribution in [3.8, 4) is 22.0 Å². The van der Waals surface area contributed by atoms with E-state index in [2.05, 4.69) is 35.8 Å². The Bertz CT molecular complexity index is 1720. The van der Waals surface area contributed by atoms with Crippen LogP contribution in [0, 0.1) is 11.6 Å². The van der Waals surface area contributed by atoms with Crippen molar-refractivity contribution < 1.29 is 31.9 Å². The predicted octanol–water partition coefficient (Wildman–Crippen LogP) is 3.60. The molecule has 0 aliphatic heterocycles. The molecule has 17 heteroatoms. The van der Waals surface area contributed by atoms with Crippen LogP contribution in [0.4, 0.5) is 22.0 Å². The molecule has 0 spiro atoms. The number of aliphatic hydroxyl groups is 1. The summed E-state index contributed by atoms with van der Waals surface area (Å²) in [6.07, 6.45) is -2.63. The number of carbonyl (C=O) groups is 1. The van der Waals surface area contributed by atoms with Crippen LogP contribution in [0.15, 0.2) is 55.1 Å². The Morgan fingerprint density at radius 2 is 1.83 bits per heavy atom. The molecular formula is C25H20F5N9O2S. The van der Waals surface area contributed by atoms with E-state index in [1.807, 2.05) is 0 Å². The van der Waals surface area contributed by atoms with Gasteiger partial charge in [-0.15, -0.1) is 21.5 Å². The molecule has 0 radical (unpaired) electrons. The van der Waals surface area contributed by atoms with Gasteiger partial charge in [-0.3, -0.25) is 4.79 Å². The number of rotatable bonds is 8. The summed E-state index contributed by atoms with van der Waals surface area (Å²) in [4.78, 5) is 21.2. The molecule has 5 rings (SSSR count). The van der Waals surface area contributed by atoms with E-state index >= 15 is 0 Å². The number of alkyl halides is 3. The molecule has 0 saturated carbocycles. The lowest BCUT2D eigenvalue weighted by atomic mass is 9.86. The first kappa shape index (κ1) is 28.9. The number of aryl methyl sites for hydroxylation is 1. The van der Waals surface area contributed by atoms with Crippen molar-refractivity contribution in [2.75, 3.05) is 0 Å². The molecule has 1 amide bonds. The van der Waals surface area contributed by atoms with Crippen LogP contribution in [0.25, 0.3) is 22.0 Å². The predicted molar refractivity (Wildman–Crippen MR) is 138 cm³/mol. The molecule has 0 bridgehead atoms. The van der Waals surface area contributed by atoms with Crippen molar-refractivity contribution >= 4 is 17.2 Å². The summed E-state index contributed by atoms with van der Waals surface area (Å²) in [5.74, 6) is -2.94. The first-order valence-corrected chi connectivity index (χ1v) is 12.9. The number of carbonyl (C=O) groups excluding carboxylic acids is 1. The largest absolute Gasteiger partial charge is 0.435 e. The van der Waals surface area contributed by atoms with Crippen molar-refractivity contribution in [3.63, 3.8) is 0 Å². The quantitative estimate of drug-likeness (QED) is 0.256. The standard InChI is InChI=1S/C25H20F5N9O2S/c1-13(24(41,10-39-12-31-11-32-39)17-8-7-16(26)9-18(17)27)33-22(40)19-20(25(28,29)30)34-23(42-19)15-5-3-14(4-6-15)21-35-37-38(2)36-21/h3-9,11-13,41H,10H2,1-2H3,(H,33,40)/t13-,24-/m1/s1. The summed E-state index contributed by atoms with van der Waals surface area (Å²) < 4.78 is 71.5. The molecule has 0 aliphatic carbocycles. The van der Waals surface area contributed by atoms with E-state index < -0.39 is 58.0 Å². The minimum absolute atomic E-state index is 0.0961. The van der Waals surface area contributed by atoms with E-state index in [1.54, 1.807) is 19.2 Å². The third-order valence-corrected chi connectivity index (χ3v) is 7.43. The van der Waals surface area contributed by atoms with Gasteiger partial charge in [0.05, 0.1) is 19.6 Å². The number of tetrazole rings is 1. The van der Waals surface area contributed by atoms with E-state index in [9.17, 15) is 31.9 Å². The van der Waals surface area contributed by atoms with Gasteiger partial charge >= 0.3 is 6.18 Å². The highest BCUT2D eigenvalue weighted by Gasteiger charge is 2.43. The van der Waals surface area contributed by atoms with Gasteiger partial charge in [-0.1, -0.05) is 30.3 Å². The number of nitrogens with zero attached hydrogens (tertiary/aromatic N) is 8. The van der Waals surface area contributed by atoms with Crippen LogP contribution in [0.1, 0.15) is 27.9 Å². The fourth-order valence-corrected chi connectivity index (χ4v) is 5.18. The van der Waals surface area contributed by atoms with Gasteiger partial charge in [-0.05, 0) is 18.2 Å². The highest BCUT2D eigenvalue weighted by molar-refractivity contribution is 7.17. The summed E-state index contributed by atoms with van der Waals surface area (Å²) in [7, 11) is 1.58. The van der Waals surface area contributed by atoms with Crippen LogP contribution < -0.4 is 5.32 Å². The van der Waals surface area contributed by atoms with E-state index in [4.69, 9.17) is 0 Å². The molecule has 218 valence electrons. The van der Waals surface area contributed by atoms with Crippen molar-refractivity contribution in [2.45, 2.75) is 31.3 Å². The molecule has 2 aromatic carbocycles. The summed E-state index contributed by atoms with van der Waals surface area (Å²) in [6.45, 7) is 0.802. The summed E-state index contributed by atoms with van der Waals surface area (Å²) in [5, 5.41) is 29.4. The highest BCUT2D eigenvalue weighted by Crippen LogP contribution is 2.38. The Labute approximate surface area is 237 Å². The smallest absolute Gasteiger partial charge is 0.381 e. The Kier molecular flexibility index (Phi) is 7.55. The van der Waals surface area contributed by atoms with Gasteiger partial charge in [0, 0.05) is 22.8 Å². The normalized spacial score (nSPS) is 14.0. The zero-order chi connectivity index (χ0) is 30.2. The van der Waals surface area contributed by atoms with Crippen molar-refractivity contribution in [1.82, 2.24) is 45.3 Å². The zero-order valence-electron chi connectivity index (χ0n) is 21.7. The molecule has 3 heterocycles. The number of hydrogen-bond acceptors (Lipinski definition) is 9.